The fraction of sp³-hybridized carbons (Fsp3) is 0.412. The monoisotopic (exact) mass is 239 g/mol. The van der Waals surface area contributed by atoms with E-state index < -0.39 is 0 Å². The number of fused-ring (bicyclic) bond motifs is 1. The van der Waals surface area contributed by atoms with E-state index in [1.54, 1.807) is 0 Å². The van der Waals surface area contributed by atoms with E-state index in [4.69, 9.17) is 0 Å². The lowest BCUT2D eigenvalue weighted by Crippen LogP contribution is -2.23. The van der Waals surface area contributed by atoms with Gasteiger partial charge in [0, 0.05) is 13.1 Å². The Morgan fingerprint density at radius 2 is 1.83 bits per heavy atom. The molecule has 0 radical (unpaired) electrons. The number of rotatable bonds is 5. The molecule has 2 aromatic carbocycles. The summed E-state index contributed by atoms with van der Waals surface area (Å²) in [6.07, 6.45) is 4.13. The molecule has 3 rings (SSSR count). The van der Waals surface area contributed by atoms with Crippen LogP contribution in [0.1, 0.15) is 31.7 Å². The molecule has 0 saturated heterocycles. The second-order valence-electron chi connectivity index (χ2n) is 5.60. The van der Waals surface area contributed by atoms with Gasteiger partial charge in [-0.3, -0.25) is 0 Å². The van der Waals surface area contributed by atoms with Gasteiger partial charge in [0.2, 0.25) is 0 Å². The van der Waals surface area contributed by atoms with Crippen LogP contribution in [0.15, 0.2) is 42.5 Å². The molecule has 0 heterocycles. The van der Waals surface area contributed by atoms with Crippen molar-refractivity contribution >= 4 is 10.8 Å². The van der Waals surface area contributed by atoms with Crippen LogP contribution in [0.25, 0.3) is 10.8 Å². The van der Waals surface area contributed by atoms with Crippen molar-refractivity contribution in [1.29, 1.82) is 0 Å². The van der Waals surface area contributed by atoms with E-state index in [1.165, 1.54) is 42.1 Å². The van der Waals surface area contributed by atoms with E-state index >= 15 is 0 Å². The average molecular weight is 239 g/mol. The Morgan fingerprint density at radius 3 is 2.61 bits per heavy atom. The first kappa shape index (κ1) is 11.7. The Labute approximate surface area is 109 Å². The van der Waals surface area contributed by atoms with E-state index in [0.717, 1.165) is 6.54 Å². The van der Waals surface area contributed by atoms with Gasteiger partial charge in [-0.05, 0) is 41.0 Å². The molecule has 1 aliphatic rings. The van der Waals surface area contributed by atoms with Gasteiger partial charge in [0.05, 0.1) is 0 Å². The van der Waals surface area contributed by atoms with Crippen LogP contribution in [0.3, 0.4) is 0 Å². The van der Waals surface area contributed by atoms with E-state index in [-0.39, 0.29) is 0 Å². The van der Waals surface area contributed by atoms with Crippen molar-refractivity contribution in [3.8, 4) is 0 Å². The van der Waals surface area contributed by atoms with Gasteiger partial charge in [-0.25, -0.2) is 0 Å². The summed E-state index contributed by atoms with van der Waals surface area (Å²) < 4.78 is 0. The van der Waals surface area contributed by atoms with Gasteiger partial charge in [-0.15, -0.1) is 0 Å². The average Bonchev–Trinajstić information content (AvgIpc) is 3.20. The number of benzene rings is 2. The van der Waals surface area contributed by atoms with Gasteiger partial charge in [0.25, 0.3) is 0 Å². The Bertz CT molecular complexity index is 535. The summed E-state index contributed by atoms with van der Waals surface area (Å²) in [5.74, 6) is 0. The second kappa shape index (κ2) is 4.74. The Balaban J connectivity index is 1.71. The van der Waals surface area contributed by atoms with E-state index in [9.17, 15) is 0 Å². The van der Waals surface area contributed by atoms with Crippen molar-refractivity contribution in [2.45, 2.75) is 32.7 Å². The van der Waals surface area contributed by atoms with Crippen LogP contribution in [0, 0.1) is 5.41 Å². The Morgan fingerprint density at radius 1 is 1.06 bits per heavy atom. The SMILES string of the molecule is CCC1(CNCc2cccc3ccccc23)CC1. The molecule has 0 atom stereocenters. The molecule has 1 fully saturated rings. The largest absolute Gasteiger partial charge is 0.312 e. The lowest BCUT2D eigenvalue weighted by molar-refractivity contribution is 0.444. The minimum absolute atomic E-state index is 0.630. The zero-order chi connectivity index (χ0) is 12.4. The third-order valence-corrected chi connectivity index (χ3v) is 4.40. The summed E-state index contributed by atoms with van der Waals surface area (Å²) >= 11 is 0. The van der Waals surface area contributed by atoms with Crippen molar-refractivity contribution in [3.05, 3.63) is 48.0 Å². The first-order valence-corrected chi connectivity index (χ1v) is 7.00. The number of hydrogen-bond acceptors (Lipinski definition) is 1. The Hall–Kier alpha value is -1.34. The third kappa shape index (κ3) is 2.28. The van der Waals surface area contributed by atoms with Crippen molar-refractivity contribution < 1.29 is 0 Å². The van der Waals surface area contributed by atoms with Crippen LogP contribution in [0.4, 0.5) is 0 Å². The summed E-state index contributed by atoms with van der Waals surface area (Å²) in [4.78, 5) is 0. The fourth-order valence-electron chi connectivity index (χ4n) is 2.74. The number of nitrogens with one attached hydrogen (secondary N) is 1. The van der Waals surface area contributed by atoms with Crippen molar-refractivity contribution in [2.24, 2.45) is 5.41 Å². The van der Waals surface area contributed by atoms with Crippen LogP contribution in [-0.4, -0.2) is 6.54 Å². The highest BCUT2D eigenvalue weighted by molar-refractivity contribution is 5.85. The molecule has 18 heavy (non-hydrogen) atoms. The van der Waals surface area contributed by atoms with E-state index in [0.29, 0.717) is 5.41 Å². The smallest absolute Gasteiger partial charge is 0.0211 e. The maximum atomic E-state index is 3.65. The molecule has 2 aromatic rings. The highest BCUT2D eigenvalue weighted by atomic mass is 14.9. The third-order valence-electron chi connectivity index (χ3n) is 4.40. The molecule has 0 bridgehead atoms. The molecule has 1 N–H and O–H groups in total. The van der Waals surface area contributed by atoms with Crippen LogP contribution >= 0.6 is 0 Å². The van der Waals surface area contributed by atoms with Gasteiger partial charge in [-0.1, -0.05) is 49.4 Å². The quantitative estimate of drug-likeness (QED) is 0.827. The highest BCUT2D eigenvalue weighted by Crippen LogP contribution is 2.47. The molecule has 0 unspecified atom stereocenters. The first-order valence-electron chi connectivity index (χ1n) is 7.00. The predicted octanol–water partition coefficient (Wildman–Crippen LogP) is 4.12. The Kier molecular flexibility index (Phi) is 3.09. The van der Waals surface area contributed by atoms with Gasteiger partial charge in [0.1, 0.15) is 0 Å². The maximum absolute atomic E-state index is 3.65. The van der Waals surface area contributed by atoms with Crippen LogP contribution in [0.2, 0.25) is 0 Å². The molecule has 1 nitrogen and oxygen atoms in total. The fourth-order valence-corrected chi connectivity index (χ4v) is 2.74. The lowest BCUT2D eigenvalue weighted by Gasteiger charge is -2.14. The summed E-state index contributed by atoms with van der Waals surface area (Å²) in [6, 6.07) is 15.2. The molecule has 0 amide bonds. The van der Waals surface area contributed by atoms with Gasteiger partial charge < -0.3 is 5.32 Å². The van der Waals surface area contributed by atoms with Crippen LogP contribution in [-0.2, 0) is 6.54 Å². The van der Waals surface area contributed by atoms with Crippen LogP contribution in [0.5, 0.6) is 0 Å². The summed E-state index contributed by atoms with van der Waals surface area (Å²) in [5, 5.41) is 6.37. The van der Waals surface area contributed by atoms with Gasteiger partial charge >= 0.3 is 0 Å². The number of hydrogen-bond donors (Lipinski definition) is 1. The summed E-state index contributed by atoms with van der Waals surface area (Å²) in [7, 11) is 0. The van der Waals surface area contributed by atoms with Crippen LogP contribution < -0.4 is 5.32 Å². The molecule has 1 heteroatoms. The zero-order valence-corrected chi connectivity index (χ0v) is 11.1. The molecule has 0 aromatic heterocycles. The lowest BCUT2D eigenvalue weighted by atomic mass is 10.0. The van der Waals surface area contributed by atoms with Crippen molar-refractivity contribution in [1.82, 2.24) is 5.32 Å². The molecule has 0 aliphatic heterocycles. The summed E-state index contributed by atoms with van der Waals surface area (Å²) in [5.41, 5.74) is 2.05. The molecular formula is C17H21N. The van der Waals surface area contributed by atoms with Crippen molar-refractivity contribution in [2.75, 3.05) is 6.54 Å². The zero-order valence-electron chi connectivity index (χ0n) is 11.1. The van der Waals surface area contributed by atoms with E-state index in [1.807, 2.05) is 0 Å². The minimum atomic E-state index is 0.630. The first-order chi connectivity index (χ1) is 8.83. The van der Waals surface area contributed by atoms with Gasteiger partial charge in [0.15, 0.2) is 0 Å². The molecule has 0 spiro atoms. The molecule has 1 aliphatic carbocycles. The maximum Gasteiger partial charge on any atom is 0.0211 e. The normalized spacial score (nSPS) is 16.9. The van der Waals surface area contributed by atoms with Gasteiger partial charge in [-0.2, -0.15) is 0 Å². The topological polar surface area (TPSA) is 12.0 Å². The molecular weight excluding hydrogens is 218 g/mol. The second-order valence-corrected chi connectivity index (χ2v) is 5.60. The molecule has 1 saturated carbocycles. The highest BCUT2D eigenvalue weighted by Gasteiger charge is 2.39. The minimum Gasteiger partial charge on any atom is -0.312 e. The molecule has 94 valence electrons. The summed E-state index contributed by atoms with van der Waals surface area (Å²) in [6.45, 7) is 4.47. The van der Waals surface area contributed by atoms with Crippen molar-refractivity contribution in [3.63, 3.8) is 0 Å². The van der Waals surface area contributed by atoms with E-state index in [2.05, 4.69) is 54.7 Å². The predicted molar refractivity (Wildman–Crippen MR) is 77.6 cm³/mol. The standard InChI is InChI=1S/C17H21N/c1-2-17(10-11-17)13-18-12-15-8-5-7-14-6-3-4-9-16(14)15/h3-9,18H,2,10-13H2,1H3.